The van der Waals surface area contributed by atoms with Gasteiger partial charge in [-0.15, -0.1) is 0 Å². The first-order valence-electron chi connectivity index (χ1n) is 5.37. The molecule has 0 saturated heterocycles. The first kappa shape index (κ1) is 10.8. The normalized spacial score (nSPS) is 24.2. The second-order valence-corrected chi connectivity index (χ2v) is 4.09. The lowest BCUT2D eigenvalue weighted by molar-refractivity contribution is -0.142. The lowest BCUT2D eigenvalue weighted by Gasteiger charge is -2.13. The van der Waals surface area contributed by atoms with Gasteiger partial charge in [-0.1, -0.05) is 6.42 Å². The highest BCUT2D eigenvalue weighted by molar-refractivity contribution is 5.99. The molecule has 1 fully saturated rings. The standard InChI is InChI=1S/C12H13NO3/c14-11(8-3-2-6-13-7-8)9-4-1-5-10(9)12(15)16/h2-3,6-7,9-10H,1,4-5H2,(H,15,16). The Hall–Kier alpha value is -1.71. The molecule has 0 spiro atoms. The summed E-state index contributed by atoms with van der Waals surface area (Å²) in [5.74, 6) is -1.84. The first-order chi connectivity index (χ1) is 7.70. The average Bonchev–Trinajstić information content (AvgIpc) is 2.78. The largest absolute Gasteiger partial charge is 0.481 e. The van der Waals surface area contributed by atoms with E-state index in [9.17, 15) is 9.59 Å². The molecule has 0 aliphatic heterocycles. The first-order valence-corrected chi connectivity index (χ1v) is 5.37. The van der Waals surface area contributed by atoms with Crippen LogP contribution in [0.2, 0.25) is 0 Å². The summed E-state index contributed by atoms with van der Waals surface area (Å²) in [5, 5.41) is 9.01. The molecule has 2 unspecified atom stereocenters. The van der Waals surface area contributed by atoms with Crippen molar-refractivity contribution in [2.75, 3.05) is 0 Å². The molecule has 1 aromatic heterocycles. The van der Waals surface area contributed by atoms with Crippen molar-refractivity contribution < 1.29 is 14.7 Å². The summed E-state index contributed by atoms with van der Waals surface area (Å²) in [6.07, 6.45) is 5.18. The van der Waals surface area contributed by atoms with Crippen molar-refractivity contribution >= 4 is 11.8 Å². The molecule has 1 heterocycles. The summed E-state index contributed by atoms with van der Waals surface area (Å²) in [4.78, 5) is 26.9. The number of carboxylic acid groups (broad SMARTS) is 1. The highest BCUT2D eigenvalue weighted by atomic mass is 16.4. The van der Waals surface area contributed by atoms with Crippen molar-refractivity contribution in [1.82, 2.24) is 4.98 Å². The Bertz CT molecular complexity index is 402. The Morgan fingerprint density at radius 2 is 2.06 bits per heavy atom. The maximum absolute atomic E-state index is 12.1. The van der Waals surface area contributed by atoms with Gasteiger partial charge in [-0.05, 0) is 25.0 Å². The molecule has 4 heteroatoms. The van der Waals surface area contributed by atoms with E-state index in [1.54, 1.807) is 18.3 Å². The van der Waals surface area contributed by atoms with Gasteiger partial charge in [0.25, 0.3) is 0 Å². The van der Waals surface area contributed by atoms with E-state index < -0.39 is 11.9 Å². The van der Waals surface area contributed by atoms with Crippen LogP contribution in [-0.2, 0) is 4.79 Å². The van der Waals surface area contributed by atoms with Gasteiger partial charge >= 0.3 is 5.97 Å². The predicted octanol–water partition coefficient (Wildman–Crippen LogP) is 1.77. The number of nitrogens with zero attached hydrogens (tertiary/aromatic N) is 1. The van der Waals surface area contributed by atoms with Crippen molar-refractivity contribution in [2.24, 2.45) is 11.8 Å². The molecule has 2 rings (SSSR count). The number of pyridine rings is 1. The van der Waals surface area contributed by atoms with Gasteiger partial charge in [-0.2, -0.15) is 0 Å². The molecule has 1 N–H and O–H groups in total. The fourth-order valence-electron chi connectivity index (χ4n) is 2.29. The number of Topliss-reactive ketones (excluding diaryl/α,β-unsaturated/α-hetero) is 1. The van der Waals surface area contributed by atoms with E-state index in [4.69, 9.17) is 5.11 Å². The zero-order valence-corrected chi connectivity index (χ0v) is 8.80. The van der Waals surface area contributed by atoms with Gasteiger partial charge in [-0.3, -0.25) is 14.6 Å². The Balaban J connectivity index is 2.19. The number of ketones is 1. The predicted molar refractivity (Wildman–Crippen MR) is 57.0 cm³/mol. The van der Waals surface area contributed by atoms with Crippen LogP contribution < -0.4 is 0 Å². The highest BCUT2D eigenvalue weighted by Crippen LogP contribution is 2.34. The zero-order valence-electron chi connectivity index (χ0n) is 8.80. The molecule has 0 amide bonds. The van der Waals surface area contributed by atoms with Gasteiger partial charge in [-0.25, -0.2) is 0 Å². The fourth-order valence-corrected chi connectivity index (χ4v) is 2.29. The lowest BCUT2D eigenvalue weighted by atomic mass is 9.89. The van der Waals surface area contributed by atoms with Crippen molar-refractivity contribution in [3.8, 4) is 0 Å². The monoisotopic (exact) mass is 219 g/mol. The Labute approximate surface area is 93.3 Å². The fraction of sp³-hybridized carbons (Fsp3) is 0.417. The van der Waals surface area contributed by atoms with Crippen LogP contribution >= 0.6 is 0 Å². The average molecular weight is 219 g/mol. The molecule has 0 aromatic carbocycles. The van der Waals surface area contributed by atoms with Crippen molar-refractivity contribution in [3.63, 3.8) is 0 Å². The highest BCUT2D eigenvalue weighted by Gasteiger charge is 2.37. The van der Waals surface area contributed by atoms with Crippen LogP contribution in [0.1, 0.15) is 29.6 Å². The maximum Gasteiger partial charge on any atom is 0.307 e. The van der Waals surface area contributed by atoms with Gasteiger partial charge in [0.1, 0.15) is 0 Å². The molecule has 2 atom stereocenters. The molecule has 1 aliphatic carbocycles. The topological polar surface area (TPSA) is 67.3 Å². The molecular formula is C12H13NO3. The van der Waals surface area contributed by atoms with Gasteiger partial charge in [0.15, 0.2) is 5.78 Å². The smallest absolute Gasteiger partial charge is 0.307 e. The van der Waals surface area contributed by atoms with Crippen molar-refractivity contribution in [1.29, 1.82) is 0 Å². The summed E-state index contributed by atoms with van der Waals surface area (Å²) in [7, 11) is 0. The van der Waals surface area contributed by atoms with Crippen LogP contribution in [0.25, 0.3) is 0 Å². The number of aromatic nitrogens is 1. The third kappa shape index (κ3) is 1.96. The Kier molecular flexibility index (Phi) is 2.99. The van der Waals surface area contributed by atoms with E-state index in [0.717, 1.165) is 6.42 Å². The minimum absolute atomic E-state index is 0.0852. The van der Waals surface area contributed by atoms with Gasteiger partial charge in [0.05, 0.1) is 5.92 Å². The van der Waals surface area contributed by atoms with E-state index in [1.165, 1.54) is 6.20 Å². The van der Waals surface area contributed by atoms with Crippen LogP contribution in [0.3, 0.4) is 0 Å². The summed E-state index contributed by atoms with van der Waals surface area (Å²) < 4.78 is 0. The summed E-state index contributed by atoms with van der Waals surface area (Å²) in [6.45, 7) is 0. The quantitative estimate of drug-likeness (QED) is 0.786. The number of carboxylic acids is 1. The molecular weight excluding hydrogens is 206 g/mol. The second kappa shape index (κ2) is 4.43. The molecule has 16 heavy (non-hydrogen) atoms. The number of carbonyl (C=O) groups is 2. The molecule has 1 aliphatic rings. The number of aliphatic carboxylic acids is 1. The van der Waals surface area contributed by atoms with Crippen molar-refractivity contribution in [3.05, 3.63) is 30.1 Å². The summed E-state index contributed by atoms with van der Waals surface area (Å²) >= 11 is 0. The Morgan fingerprint density at radius 3 is 2.69 bits per heavy atom. The van der Waals surface area contributed by atoms with Gasteiger partial charge < -0.3 is 5.11 Å². The van der Waals surface area contributed by atoms with Crippen LogP contribution in [0, 0.1) is 11.8 Å². The van der Waals surface area contributed by atoms with Crippen LogP contribution in [0.5, 0.6) is 0 Å². The molecule has 1 saturated carbocycles. The number of hydrogen-bond donors (Lipinski definition) is 1. The van der Waals surface area contributed by atoms with Crippen molar-refractivity contribution in [2.45, 2.75) is 19.3 Å². The third-order valence-electron chi connectivity index (χ3n) is 3.12. The van der Waals surface area contributed by atoms with Gasteiger partial charge in [0, 0.05) is 23.9 Å². The van der Waals surface area contributed by atoms with Crippen LogP contribution in [-0.4, -0.2) is 21.8 Å². The molecule has 4 nitrogen and oxygen atoms in total. The van der Waals surface area contributed by atoms with Crippen LogP contribution in [0.15, 0.2) is 24.5 Å². The third-order valence-corrected chi connectivity index (χ3v) is 3.12. The minimum Gasteiger partial charge on any atom is -0.481 e. The zero-order chi connectivity index (χ0) is 11.5. The number of hydrogen-bond acceptors (Lipinski definition) is 3. The summed E-state index contributed by atoms with van der Waals surface area (Å²) in [5.41, 5.74) is 0.514. The van der Waals surface area contributed by atoms with E-state index in [0.29, 0.717) is 18.4 Å². The second-order valence-electron chi connectivity index (χ2n) is 4.09. The number of carbonyl (C=O) groups excluding carboxylic acids is 1. The minimum atomic E-state index is -0.861. The SMILES string of the molecule is O=C(O)C1CCCC1C(=O)c1cccnc1. The molecule has 0 bridgehead atoms. The lowest BCUT2D eigenvalue weighted by Crippen LogP contribution is -2.25. The maximum atomic E-state index is 12.1. The van der Waals surface area contributed by atoms with E-state index >= 15 is 0 Å². The van der Waals surface area contributed by atoms with Gasteiger partial charge in [0.2, 0.25) is 0 Å². The molecule has 1 aromatic rings. The van der Waals surface area contributed by atoms with Crippen LogP contribution in [0.4, 0.5) is 0 Å². The summed E-state index contributed by atoms with van der Waals surface area (Å²) in [6, 6.07) is 3.38. The Morgan fingerprint density at radius 1 is 1.31 bits per heavy atom. The van der Waals surface area contributed by atoms with E-state index in [2.05, 4.69) is 4.98 Å². The molecule has 0 radical (unpaired) electrons. The number of rotatable bonds is 3. The van der Waals surface area contributed by atoms with E-state index in [1.807, 2.05) is 0 Å². The van der Waals surface area contributed by atoms with E-state index in [-0.39, 0.29) is 11.7 Å². The molecule has 84 valence electrons.